The molecule has 1 nitrogen and oxygen atoms in total. The van der Waals surface area contributed by atoms with Crippen LogP contribution >= 0.6 is 11.6 Å². The molecule has 2 aromatic carbocycles. The van der Waals surface area contributed by atoms with Crippen molar-refractivity contribution < 1.29 is 9.18 Å². The molecule has 0 saturated carbocycles. The zero-order chi connectivity index (χ0) is 13.3. The van der Waals surface area contributed by atoms with E-state index in [0.29, 0.717) is 10.6 Å². The molecule has 2 rings (SSSR count). The molecule has 0 unspecified atom stereocenters. The first kappa shape index (κ1) is 12.8. The lowest BCUT2D eigenvalue weighted by molar-refractivity contribution is 0.103. The van der Waals surface area contributed by atoms with Crippen molar-refractivity contribution in [1.29, 1.82) is 0 Å². The minimum atomic E-state index is -0.502. The zero-order valence-electron chi connectivity index (χ0n) is 10.1. The molecule has 0 aromatic heterocycles. The first-order valence-corrected chi connectivity index (χ1v) is 5.94. The number of rotatable bonds is 2. The Balaban J connectivity index is 2.47. The van der Waals surface area contributed by atoms with Crippen molar-refractivity contribution in [2.75, 3.05) is 0 Å². The fraction of sp³-hybridized carbons (Fsp3) is 0.133. The molecule has 0 aliphatic heterocycles. The summed E-state index contributed by atoms with van der Waals surface area (Å²) in [5, 5.41) is 0.594. The largest absolute Gasteiger partial charge is 0.288 e. The molecule has 0 heterocycles. The molecular weight excluding hydrogens is 251 g/mol. The van der Waals surface area contributed by atoms with Crippen LogP contribution in [-0.2, 0) is 0 Å². The van der Waals surface area contributed by atoms with E-state index in [1.807, 2.05) is 13.8 Å². The molecule has 0 atom stereocenters. The Kier molecular flexibility index (Phi) is 3.48. The smallest absolute Gasteiger partial charge is 0.195 e. The van der Waals surface area contributed by atoms with Crippen molar-refractivity contribution in [2.24, 2.45) is 0 Å². The molecule has 0 fully saturated rings. The van der Waals surface area contributed by atoms with Gasteiger partial charge in [-0.1, -0.05) is 23.2 Å². The molecule has 0 bridgehead atoms. The molecule has 2 aromatic rings. The highest BCUT2D eigenvalue weighted by Gasteiger charge is 2.14. The van der Waals surface area contributed by atoms with Crippen molar-refractivity contribution in [3.05, 3.63) is 69.5 Å². The van der Waals surface area contributed by atoms with Gasteiger partial charge in [-0.3, -0.25) is 4.79 Å². The molecule has 92 valence electrons. The summed E-state index contributed by atoms with van der Waals surface area (Å²) >= 11 is 5.90. The van der Waals surface area contributed by atoms with E-state index in [2.05, 4.69) is 0 Å². The highest BCUT2D eigenvalue weighted by Crippen LogP contribution is 2.20. The van der Waals surface area contributed by atoms with Gasteiger partial charge in [0.05, 0.1) is 5.56 Å². The van der Waals surface area contributed by atoms with Gasteiger partial charge in [0.2, 0.25) is 0 Å². The second-order valence-corrected chi connectivity index (χ2v) is 4.68. The van der Waals surface area contributed by atoms with E-state index >= 15 is 0 Å². The maximum absolute atomic E-state index is 13.6. The van der Waals surface area contributed by atoms with Crippen LogP contribution < -0.4 is 0 Å². The number of halogens is 2. The van der Waals surface area contributed by atoms with Crippen LogP contribution in [0.15, 0.2) is 36.4 Å². The van der Waals surface area contributed by atoms with Gasteiger partial charge in [-0.05, 0) is 49.7 Å². The number of carbonyl (C=O) groups excluding carboxylic acids is 1. The third-order valence-electron chi connectivity index (χ3n) is 2.79. The Morgan fingerprint density at radius 1 is 1.11 bits per heavy atom. The maximum atomic E-state index is 13.6. The average molecular weight is 263 g/mol. The molecule has 18 heavy (non-hydrogen) atoms. The zero-order valence-corrected chi connectivity index (χ0v) is 10.9. The normalized spacial score (nSPS) is 10.4. The first-order chi connectivity index (χ1) is 8.49. The van der Waals surface area contributed by atoms with Gasteiger partial charge in [0, 0.05) is 10.6 Å². The van der Waals surface area contributed by atoms with Gasteiger partial charge in [0.25, 0.3) is 0 Å². The number of ketones is 1. The Morgan fingerprint density at radius 2 is 1.83 bits per heavy atom. The molecule has 0 spiro atoms. The average Bonchev–Trinajstić information content (AvgIpc) is 2.35. The molecule has 0 amide bonds. The Bertz CT molecular complexity index is 620. The monoisotopic (exact) mass is 262 g/mol. The number of hydrogen-bond acceptors (Lipinski definition) is 1. The second kappa shape index (κ2) is 4.91. The van der Waals surface area contributed by atoms with E-state index in [1.165, 1.54) is 6.07 Å². The summed E-state index contributed by atoms with van der Waals surface area (Å²) in [6.07, 6.45) is 0. The summed E-state index contributed by atoms with van der Waals surface area (Å²) in [4.78, 5) is 12.2. The lowest BCUT2D eigenvalue weighted by atomic mass is 10.00. The minimum absolute atomic E-state index is 0.0942. The van der Waals surface area contributed by atoms with Gasteiger partial charge in [0.15, 0.2) is 5.78 Å². The molecule has 3 heteroatoms. The van der Waals surface area contributed by atoms with E-state index in [1.54, 1.807) is 30.3 Å². The van der Waals surface area contributed by atoms with E-state index in [4.69, 9.17) is 11.6 Å². The van der Waals surface area contributed by atoms with Crippen molar-refractivity contribution >= 4 is 17.4 Å². The number of benzene rings is 2. The van der Waals surface area contributed by atoms with Crippen LogP contribution in [0.3, 0.4) is 0 Å². The van der Waals surface area contributed by atoms with E-state index < -0.39 is 5.82 Å². The van der Waals surface area contributed by atoms with Crippen LogP contribution in [0.4, 0.5) is 4.39 Å². The summed E-state index contributed by atoms with van der Waals surface area (Å²) < 4.78 is 13.6. The van der Waals surface area contributed by atoms with Gasteiger partial charge < -0.3 is 0 Å². The predicted molar refractivity (Wildman–Crippen MR) is 70.8 cm³/mol. The van der Waals surface area contributed by atoms with E-state index in [0.717, 1.165) is 11.1 Å². The molecular formula is C15H12ClFO. The predicted octanol–water partition coefficient (Wildman–Crippen LogP) is 4.33. The highest BCUT2D eigenvalue weighted by molar-refractivity contribution is 6.31. The fourth-order valence-electron chi connectivity index (χ4n) is 1.75. The van der Waals surface area contributed by atoms with Crippen LogP contribution in [0.1, 0.15) is 27.0 Å². The van der Waals surface area contributed by atoms with Crippen LogP contribution in [-0.4, -0.2) is 5.78 Å². The second-order valence-electron chi connectivity index (χ2n) is 4.28. The fourth-order valence-corrected chi connectivity index (χ4v) is 1.87. The topological polar surface area (TPSA) is 17.1 Å². The lowest BCUT2D eigenvalue weighted by Crippen LogP contribution is -2.05. The molecule has 0 saturated heterocycles. The van der Waals surface area contributed by atoms with Gasteiger partial charge in [-0.2, -0.15) is 0 Å². The SMILES string of the molecule is Cc1ccc(F)c(C(=O)c2ccc(Cl)c(C)c2)c1. The summed E-state index contributed by atoms with van der Waals surface area (Å²) in [5.74, 6) is -0.825. The molecule has 0 aliphatic carbocycles. The Morgan fingerprint density at radius 3 is 2.50 bits per heavy atom. The molecule has 0 N–H and O–H groups in total. The van der Waals surface area contributed by atoms with Crippen LogP contribution in [0.25, 0.3) is 0 Å². The van der Waals surface area contributed by atoms with Gasteiger partial charge in [-0.25, -0.2) is 4.39 Å². The third-order valence-corrected chi connectivity index (χ3v) is 3.21. The van der Waals surface area contributed by atoms with E-state index in [9.17, 15) is 9.18 Å². The van der Waals surface area contributed by atoms with Crippen molar-refractivity contribution in [1.82, 2.24) is 0 Å². The van der Waals surface area contributed by atoms with E-state index in [-0.39, 0.29) is 11.3 Å². The quantitative estimate of drug-likeness (QED) is 0.737. The van der Waals surface area contributed by atoms with Gasteiger partial charge >= 0.3 is 0 Å². The van der Waals surface area contributed by atoms with Gasteiger partial charge in [-0.15, -0.1) is 0 Å². The standard InChI is InChI=1S/C15H12ClFO/c1-9-3-6-14(17)12(7-9)15(18)11-4-5-13(16)10(2)8-11/h3-8H,1-2H3. The highest BCUT2D eigenvalue weighted by atomic mass is 35.5. The number of aryl methyl sites for hydroxylation is 2. The molecule has 0 radical (unpaired) electrons. The Labute approximate surface area is 110 Å². The summed E-state index contributed by atoms with van der Waals surface area (Å²) in [5.41, 5.74) is 2.19. The van der Waals surface area contributed by atoms with Crippen LogP contribution in [0.5, 0.6) is 0 Å². The first-order valence-electron chi connectivity index (χ1n) is 5.56. The maximum Gasteiger partial charge on any atom is 0.195 e. The minimum Gasteiger partial charge on any atom is -0.288 e. The van der Waals surface area contributed by atoms with Gasteiger partial charge in [0.1, 0.15) is 5.82 Å². The molecule has 0 aliphatic rings. The summed E-state index contributed by atoms with van der Waals surface area (Å²) in [6.45, 7) is 3.63. The third kappa shape index (κ3) is 2.44. The summed E-state index contributed by atoms with van der Waals surface area (Å²) in [7, 11) is 0. The lowest BCUT2D eigenvalue weighted by Gasteiger charge is -2.06. The van der Waals surface area contributed by atoms with Crippen LogP contribution in [0, 0.1) is 19.7 Å². The van der Waals surface area contributed by atoms with Crippen LogP contribution in [0.2, 0.25) is 5.02 Å². The van der Waals surface area contributed by atoms with Crippen molar-refractivity contribution in [3.63, 3.8) is 0 Å². The van der Waals surface area contributed by atoms with Crippen molar-refractivity contribution in [2.45, 2.75) is 13.8 Å². The number of carbonyl (C=O) groups is 1. The Hall–Kier alpha value is -1.67. The summed E-state index contributed by atoms with van der Waals surface area (Å²) in [6, 6.07) is 9.44. The number of hydrogen-bond donors (Lipinski definition) is 0. The van der Waals surface area contributed by atoms with Crippen molar-refractivity contribution in [3.8, 4) is 0 Å².